The largest absolute Gasteiger partial charge is 0.323 e. The lowest BCUT2D eigenvalue weighted by molar-refractivity contribution is -0.120. The van der Waals surface area contributed by atoms with Crippen molar-refractivity contribution in [2.75, 3.05) is 5.32 Å². The maximum absolute atomic E-state index is 12.2. The Bertz CT molecular complexity index is 578. The van der Waals surface area contributed by atoms with Crippen molar-refractivity contribution in [1.82, 2.24) is 20.2 Å². The van der Waals surface area contributed by atoms with Gasteiger partial charge in [0.15, 0.2) is 0 Å². The fraction of sp³-hybridized carbons (Fsp3) is 0.385. The van der Waals surface area contributed by atoms with E-state index in [-0.39, 0.29) is 5.91 Å². The Morgan fingerprint density at radius 3 is 2.85 bits per heavy atom. The minimum absolute atomic E-state index is 0.222. The molecule has 0 aliphatic carbocycles. The Kier molecular flexibility index (Phi) is 4.09. The van der Waals surface area contributed by atoms with E-state index in [4.69, 9.17) is 5.73 Å². The highest BCUT2D eigenvalue weighted by Crippen LogP contribution is 2.20. The van der Waals surface area contributed by atoms with Gasteiger partial charge in [0.2, 0.25) is 5.91 Å². The van der Waals surface area contributed by atoms with Gasteiger partial charge in [0.05, 0.1) is 16.9 Å². The Morgan fingerprint density at radius 1 is 1.45 bits per heavy atom. The molecule has 3 N–H and O–H groups in total. The van der Waals surface area contributed by atoms with Gasteiger partial charge in [-0.15, -0.1) is 5.10 Å². The fourth-order valence-electron chi connectivity index (χ4n) is 1.95. The summed E-state index contributed by atoms with van der Waals surface area (Å²) in [5.41, 5.74) is 6.44. The molecule has 1 amide bonds. The molecule has 0 aliphatic rings. The predicted octanol–water partition coefficient (Wildman–Crippen LogP) is 1.12. The number of nitrogens with one attached hydrogen (secondary N) is 1. The quantitative estimate of drug-likeness (QED) is 0.851. The highest BCUT2D eigenvalue weighted by Gasteiger charge is 2.27. The van der Waals surface area contributed by atoms with Crippen molar-refractivity contribution in [1.29, 1.82) is 0 Å². The summed E-state index contributed by atoms with van der Waals surface area (Å²) in [6.45, 7) is 3.72. The lowest BCUT2D eigenvalue weighted by atomic mass is 9.96. The van der Waals surface area contributed by atoms with Gasteiger partial charge in [0.1, 0.15) is 6.33 Å². The van der Waals surface area contributed by atoms with E-state index in [1.165, 1.54) is 11.0 Å². The summed E-state index contributed by atoms with van der Waals surface area (Å²) in [5.74, 6) is -0.222. The van der Waals surface area contributed by atoms with Gasteiger partial charge in [0, 0.05) is 0 Å². The molecule has 0 bridgehead atoms. The van der Waals surface area contributed by atoms with Crippen molar-refractivity contribution in [3.05, 3.63) is 30.6 Å². The summed E-state index contributed by atoms with van der Waals surface area (Å²) in [6, 6.07) is 7.29. The van der Waals surface area contributed by atoms with Crippen LogP contribution >= 0.6 is 0 Å². The second kappa shape index (κ2) is 5.79. The zero-order chi connectivity index (χ0) is 14.6. The van der Waals surface area contributed by atoms with E-state index in [2.05, 4.69) is 20.8 Å². The van der Waals surface area contributed by atoms with E-state index < -0.39 is 5.54 Å². The maximum atomic E-state index is 12.2. The number of amides is 1. The average molecular weight is 274 g/mol. The van der Waals surface area contributed by atoms with Crippen LogP contribution in [0.5, 0.6) is 0 Å². The van der Waals surface area contributed by atoms with Crippen LogP contribution < -0.4 is 11.1 Å². The van der Waals surface area contributed by atoms with E-state index >= 15 is 0 Å². The summed E-state index contributed by atoms with van der Waals surface area (Å²) in [7, 11) is 0. The lowest BCUT2D eigenvalue weighted by Crippen LogP contribution is -2.48. The highest BCUT2D eigenvalue weighted by atomic mass is 16.2. The summed E-state index contributed by atoms with van der Waals surface area (Å²) >= 11 is 0. The third-order valence-corrected chi connectivity index (χ3v) is 3.04. The molecule has 0 spiro atoms. The van der Waals surface area contributed by atoms with Gasteiger partial charge in [-0.25, -0.2) is 0 Å². The molecule has 1 heterocycles. The molecule has 1 aromatic heterocycles. The van der Waals surface area contributed by atoms with Crippen molar-refractivity contribution >= 4 is 11.6 Å². The van der Waals surface area contributed by atoms with Crippen LogP contribution in [0.15, 0.2) is 30.6 Å². The monoisotopic (exact) mass is 274 g/mol. The normalized spacial score (nSPS) is 13.8. The number of nitrogens with two attached hydrogens (primary N) is 1. The first-order valence-electron chi connectivity index (χ1n) is 6.47. The average Bonchev–Trinajstić information content (AvgIpc) is 2.93. The van der Waals surface area contributed by atoms with Crippen molar-refractivity contribution < 1.29 is 4.79 Å². The molecular weight excluding hydrogens is 256 g/mol. The molecule has 7 heteroatoms. The van der Waals surface area contributed by atoms with Crippen LogP contribution in [-0.2, 0) is 4.79 Å². The molecule has 0 radical (unpaired) electrons. The number of carbonyl (C=O) groups excluding carboxylic acids is 1. The SMILES string of the molecule is CCCC(C)(N)C(=O)Nc1ccccc1-n1cnnn1. The molecule has 2 aromatic rings. The topological polar surface area (TPSA) is 98.7 Å². The van der Waals surface area contributed by atoms with Gasteiger partial charge in [0.25, 0.3) is 0 Å². The van der Waals surface area contributed by atoms with Crippen LogP contribution in [-0.4, -0.2) is 31.7 Å². The summed E-state index contributed by atoms with van der Waals surface area (Å²) in [5, 5.41) is 13.9. The molecular formula is C13H18N6O. The van der Waals surface area contributed by atoms with Crippen LogP contribution in [0.4, 0.5) is 5.69 Å². The molecule has 1 unspecified atom stereocenters. The van der Waals surface area contributed by atoms with Crippen LogP contribution in [0.25, 0.3) is 5.69 Å². The molecule has 7 nitrogen and oxygen atoms in total. The summed E-state index contributed by atoms with van der Waals surface area (Å²) in [6.07, 6.45) is 2.93. The van der Waals surface area contributed by atoms with Gasteiger partial charge in [-0.3, -0.25) is 4.79 Å². The van der Waals surface area contributed by atoms with Crippen molar-refractivity contribution in [2.24, 2.45) is 5.73 Å². The van der Waals surface area contributed by atoms with E-state index in [1.54, 1.807) is 13.0 Å². The van der Waals surface area contributed by atoms with Crippen LogP contribution in [0.3, 0.4) is 0 Å². The highest BCUT2D eigenvalue weighted by molar-refractivity contribution is 5.99. The number of anilines is 1. The zero-order valence-corrected chi connectivity index (χ0v) is 11.6. The van der Waals surface area contributed by atoms with E-state index in [1.807, 2.05) is 25.1 Å². The first-order chi connectivity index (χ1) is 9.54. The van der Waals surface area contributed by atoms with Gasteiger partial charge >= 0.3 is 0 Å². The number of hydrogen-bond acceptors (Lipinski definition) is 5. The van der Waals surface area contributed by atoms with E-state index in [9.17, 15) is 4.79 Å². The van der Waals surface area contributed by atoms with Crippen LogP contribution in [0.1, 0.15) is 26.7 Å². The number of hydrogen-bond donors (Lipinski definition) is 2. The summed E-state index contributed by atoms with van der Waals surface area (Å²) in [4.78, 5) is 12.2. The van der Waals surface area contributed by atoms with E-state index in [0.717, 1.165) is 6.42 Å². The first-order valence-corrected chi connectivity index (χ1v) is 6.47. The Hall–Kier alpha value is -2.28. The number of nitrogens with zero attached hydrogens (tertiary/aromatic N) is 4. The lowest BCUT2D eigenvalue weighted by Gasteiger charge is -2.23. The molecule has 1 aromatic carbocycles. The molecule has 106 valence electrons. The van der Waals surface area contributed by atoms with Crippen LogP contribution in [0, 0.1) is 0 Å². The van der Waals surface area contributed by atoms with Gasteiger partial charge < -0.3 is 11.1 Å². The predicted molar refractivity (Wildman–Crippen MR) is 75.3 cm³/mol. The number of benzene rings is 1. The second-order valence-electron chi connectivity index (χ2n) is 4.89. The number of tetrazole rings is 1. The summed E-state index contributed by atoms with van der Waals surface area (Å²) < 4.78 is 1.49. The van der Waals surface area contributed by atoms with Gasteiger partial charge in [-0.1, -0.05) is 25.5 Å². The molecule has 20 heavy (non-hydrogen) atoms. The molecule has 2 rings (SSSR count). The standard InChI is InChI=1S/C13H18N6O/c1-3-8-13(2,14)12(20)16-10-6-4-5-7-11(10)19-9-15-17-18-19/h4-7,9H,3,8,14H2,1-2H3,(H,16,20). The molecule has 0 fully saturated rings. The van der Waals surface area contributed by atoms with E-state index in [0.29, 0.717) is 17.8 Å². The third-order valence-electron chi connectivity index (χ3n) is 3.04. The van der Waals surface area contributed by atoms with Crippen molar-refractivity contribution in [2.45, 2.75) is 32.2 Å². The Labute approximate surface area is 117 Å². The maximum Gasteiger partial charge on any atom is 0.244 e. The van der Waals surface area contributed by atoms with Crippen molar-refractivity contribution in [3.63, 3.8) is 0 Å². The van der Waals surface area contributed by atoms with Crippen molar-refractivity contribution in [3.8, 4) is 5.69 Å². The number of rotatable bonds is 5. The Morgan fingerprint density at radius 2 is 2.20 bits per heavy atom. The van der Waals surface area contributed by atoms with Crippen LogP contribution in [0.2, 0.25) is 0 Å². The molecule has 0 saturated heterocycles. The smallest absolute Gasteiger partial charge is 0.244 e. The molecule has 0 aliphatic heterocycles. The Balaban J connectivity index is 2.25. The first kappa shape index (κ1) is 14.1. The second-order valence-corrected chi connectivity index (χ2v) is 4.89. The number of para-hydroxylation sites is 2. The molecule has 1 atom stereocenters. The minimum atomic E-state index is -0.900. The zero-order valence-electron chi connectivity index (χ0n) is 11.6. The number of aromatic nitrogens is 4. The third kappa shape index (κ3) is 3.00. The fourth-order valence-corrected chi connectivity index (χ4v) is 1.95. The van der Waals surface area contributed by atoms with Gasteiger partial charge in [-0.05, 0) is 35.9 Å². The molecule has 0 saturated carbocycles. The number of carbonyl (C=O) groups is 1. The van der Waals surface area contributed by atoms with Gasteiger partial charge in [-0.2, -0.15) is 4.68 Å². The minimum Gasteiger partial charge on any atom is -0.323 e.